The molecule has 2 rings (SSSR count). The topological polar surface area (TPSA) is 46.5 Å². The van der Waals surface area contributed by atoms with Crippen molar-refractivity contribution in [1.29, 1.82) is 0 Å². The highest BCUT2D eigenvalue weighted by molar-refractivity contribution is 7.90. The van der Waals surface area contributed by atoms with Crippen molar-refractivity contribution in [3.8, 4) is 0 Å². The first-order valence-corrected chi connectivity index (χ1v) is 8.31. The average Bonchev–Trinajstić information content (AvgIpc) is 2.46. The van der Waals surface area contributed by atoms with Crippen LogP contribution in [0.5, 0.6) is 0 Å². The van der Waals surface area contributed by atoms with Crippen LogP contribution in [0.25, 0.3) is 0 Å². The lowest BCUT2D eigenvalue weighted by molar-refractivity contribution is 0.597. The fourth-order valence-electron chi connectivity index (χ4n) is 1.99. The summed E-state index contributed by atoms with van der Waals surface area (Å²) < 4.78 is 29.0. The Morgan fingerprint density at radius 1 is 0.952 bits per heavy atom. The molecule has 110 valence electrons. The summed E-state index contributed by atoms with van der Waals surface area (Å²) in [5.74, 6) is 0.0209. The molecule has 0 bridgehead atoms. The summed E-state index contributed by atoms with van der Waals surface area (Å²) in [5, 5.41) is 0. The maximum absolute atomic E-state index is 12.4. The molecule has 0 heterocycles. The van der Waals surface area contributed by atoms with E-state index in [0.29, 0.717) is 5.71 Å². The largest absolute Gasteiger partial charge is 0.282 e. The lowest BCUT2D eigenvalue weighted by atomic mass is 10.0. The summed E-state index contributed by atoms with van der Waals surface area (Å²) in [6.45, 7) is 5.80. The highest BCUT2D eigenvalue weighted by Crippen LogP contribution is 2.17. The first-order chi connectivity index (χ1) is 9.90. The quantitative estimate of drug-likeness (QED) is 0.806. The molecule has 0 aliphatic heterocycles. The van der Waals surface area contributed by atoms with Crippen LogP contribution in [-0.4, -0.2) is 14.1 Å². The standard InChI is InChI=1S/C17H19NO2S/c1-13(2)17(15-7-5-4-6-8-15)18-21(19,20)16-11-9-14(3)10-12-16/h4-13H,1-3H3. The SMILES string of the molecule is Cc1ccc(S(=O)(=O)N=C(c2ccccc2)C(C)C)cc1. The van der Waals surface area contributed by atoms with Gasteiger partial charge in [0.1, 0.15) is 0 Å². The second-order valence-electron chi connectivity index (χ2n) is 5.29. The van der Waals surface area contributed by atoms with Gasteiger partial charge in [-0.3, -0.25) is 0 Å². The zero-order chi connectivity index (χ0) is 15.5. The number of benzene rings is 2. The van der Waals surface area contributed by atoms with Gasteiger partial charge in [-0.2, -0.15) is 12.8 Å². The Balaban J connectivity index is 2.49. The maximum atomic E-state index is 12.4. The molecule has 0 spiro atoms. The normalized spacial score (nSPS) is 12.7. The molecule has 0 fully saturated rings. The van der Waals surface area contributed by atoms with E-state index in [2.05, 4.69) is 4.40 Å². The molecule has 21 heavy (non-hydrogen) atoms. The molecule has 0 aliphatic rings. The number of hydrogen-bond acceptors (Lipinski definition) is 2. The van der Waals surface area contributed by atoms with E-state index in [1.54, 1.807) is 24.3 Å². The Labute approximate surface area is 126 Å². The molecule has 3 nitrogen and oxygen atoms in total. The zero-order valence-corrected chi connectivity index (χ0v) is 13.3. The van der Waals surface area contributed by atoms with Crippen molar-refractivity contribution < 1.29 is 8.42 Å². The fourth-order valence-corrected chi connectivity index (χ4v) is 3.15. The predicted molar refractivity (Wildman–Crippen MR) is 86.2 cm³/mol. The predicted octanol–water partition coefficient (Wildman–Crippen LogP) is 3.83. The van der Waals surface area contributed by atoms with E-state index in [1.165, 1.54) is 0 Å². The molecule has 0 amide bonds. The molecule has 0 aromatic heterocycles. The summed E-state index contributed by atoms with van der Waals surface area (Å²) in [5.41, 5.74) is 2.43. The van der Waals surface area contributed by atoms with E-state index in [1.807, 2.05) is 51.1 Å². The molecule has 4 heteroatoms. The van der Waals surface area contributed by atoms with Crippen LogP contribution >= 0.6 is 0 Å². The first-order valence-electron chi connectivity index (χ1n) is 6.87. The minimum absolute atomic E-state index is 0.0209. The summed E-state index contributed by atoms with van der Waals surface area (Å²) in [4.78, 5) is 0.224. The lowest BCUT2D eigenvalue weighted by Gasteiger charge is -2.10. The van der Waals surface area contributed by atoms with Gasteiger partial charge in [0.05, 0.1) is 10.6 Å². The molecule has 0 atom stereocenters. The van der Waals surface area contributed by atoms with Crippen molar-refractivity contribution in [2.45, 2.75) is 25.7 Å². The van der Waals surface area contributed by atoms with E-state index in [-0.39, 0.29) is 10.8 Å². The number of sulfonamides is 1. The molecule has 0 aliphatic carbocycles. The van der Waals surface area contributed by atoms with Gasteiger partial charge in [0.15, 0.2) is 0 Å². The number of nitrogens with zero attached hydrogens (tertiary/aromatic N) is 1. The Morgan fingerprint density at radius 2 is 1.52 bits per heavy atom. The Bertz CT molecular complexity index is 730. The molecule has 0 radical (unpaired) electrons. The van der Waals surface area contributed by atoms with Crippen molar-refractivity contribution in [2.24, 2.45) is 10.3 Å². The molecule has 0 N–H and O–H groups in total. The van der Waals surface area contributed by atoms with Gasteiger partial charge in [0, 0.05) is 0 Å². The van der Waals surface area contributed by atoms with Crippen LogP contribution in [-0.2, 0) is 10.0 Å². The van der Waals surface area contributed by atoms with Gasteiger partial charge in [-0.1, -0.05) is 61.9 Å². The zero-order valence-electron chi connectivity index (χ0n) is 12.4. The third-order valence-electron chi connectivity index (χ3n) is 3.15. The molecule has 0 saturated carbocycles. The van der Waals surface area contributed by atoms with Gasteiger partial charge in [-0.05, 0) is 30.5 Å². The van der Waals surface area contributed by atoms with Gasteiger partial charge < -0.3 is 0 Å². The molecule has 2 aromatic rings. The summed E-state index contributed by atoms with van der Waals surface area (Å²) in [6, 6.07) is 16.2. The smallest absolute Gasteiger partial charge is 0.199 e. The van der Waals surface area contributed by atoms with Crippen molar-refractivity contribution >= 4 is 15.7 Å². The minimum Gasteiger partial charge on any atom is -0.199 e. The van der Waals surface area contributed by atoms with Crippen molar-refractivity contribution in [3.63, 3.8) is 0 Å². The summed E-state index contributed by atoms with van der Waals surface area (Å²) in [6.07, 6.45) is 0. The lowest BCUT2D eigenvalue weighted by Crippen LogP contribution is -2.12. The van der Waals surface area contributed by atoms with E-state index < -0.39 is 10.0 Å². The summed E-state index contributed by atoms with van der Waals surface area (Å²) >= 11 is 0. The Kier molecular flexibility index (Phi) is 4.58. The third kappa shape index (κ3) is 3.79. The highest BCUT2D eigenvalue weighted by atomic mass is 32.2. The van der Waals surface area contributed by atoms with Crippen molar-refractivity contribution in [1.82, 2.24) is 0 Å². The van der Waals surface area contributed by atoms with Crippen LogP contribution in [0.1, 0.15) is 25.0 Å². The highest BCUT2D eigenvalue weighted by Gasteiger charge is 2.17. The van der Waals surface area contributed by atoms with Gasteiger partial charge in [0.25, 0.3) is 10.0 Å². The number of aryl methyl sites for hydroxylation is 1. The fraction of sp³-hybridized carbons (Fsp3) is 0.235. The van der Waals surface area contributed by atoms with Gasteiger partial charge in [0.2, 0.25) is 0 Å². The molecule has 0 unspecified atom stereocenters. The third-order valence-corrected chi connectivity index (χ3v) is 4.46. The van der Waals surface area contributed by atoms with Gasteiger partial charge in [-0.25, -0.2) is 0 Å². The van der Waals surface area contributed by atoms with Crippen molar-refractivity contribution in [2.75, 3.05) is 0 Å². The molecule has 0 saturated heterocycles. The van der Waals surface area contributed by atoms with Gasteiger partial charge in [-0.15, -0.1) is 0 Å². The van der Waals surface area contributed by atoms with Crippen molar-refractivity contribution in [3.05, 3.63) is 65.7 Å². The molecule has 2 aromatic carbocycles. The van der Waals surface area contributed by atoms with Crippen LogP contribution in [0.2, 0.25) is 0 Å². The second-order valence-corrected chi connectivity index (χ2v) is 6.89. The number of hydrogen-bond donors (Lipinski definition) is 0. The second kappa shape index (κ2) is 6.22. The monoisotopic (exact) mass is 301 g/mol. The Hall–Kier alpha value is -1.94. The van der Waals surface area contributed by atoms with Crippen LogP contribution in [0.3, 0.4) is 0 Å². The van der Waals surface area contributed by atoms with Crippen LogP contribution in [0.15, 0.2) is 63.9 Å². The van der Waals surface area contributed by atoms with E-state index in [9.17, 15) is 8.42 Å². The average molecular weight is 301 g/mol. The number of rotatable bonds is 4. The molecular weight excluding hydrogens is 282 g/mol. The van der Waals surface area contributed by atoms with Gasteiger partial charge >= 0.3 is 0 Å². The van der Waals surface area contributed by atoms with E-state index >= 15 is 0 Å². The van der Waals surface area contributed by atoms with Crippen LogP contribution in [0.4, 0.5) is 0 Å². The van der Waals surface area contributed by atoms with E-state index in [0.717, 1.165) is 11.1 Å². The maximum Gasteiger partial charge on any atom is 0.282 e. The van der Waals surface area contributed by atoms with E-state index in [4.69, 9.17) is 0 Å². The molecular formula is C17H19NO2S. The summed E-state index contributed by atoms with van der Waals surface area (Å²) in [7, 11) is -3.68. The first kappa shape index (κ1) is 15.4. The minimum atomic E-state index is -3.68. The van der Waals surface area contributed by atoms with Crippen LogP contribution < -0.4 is 0 Å². The Morgan fingerprint density at radius 3 is 2.05 bits per heavy atom. The van der Waals surface area contributed by atoms with Crippen LogP contribution in [0, 0.1) is 12.8 Å².